The first-order valence-corrected chi connectivity index (χ1v) is 10.0. The largest absolute Gasteiger partial charge is 0.386 e. The Kier molecular flexibility index (Phi) is 12.8. The fourth-order valence-corrected chi connectivity index (χ4v) is 3.53. The Morgan fingerprint density at radius 2 is 2.35 bits per heavy atom. The van der Waals surface area contributed by atoms with E-state index < -0.39 is 6.10 Å². The lowest BCUT2D eigenvalue weighted by molar-refractivity contribution is 0.0168. The van der Waals surface area contributed by atoms with E-state index >= 15 is 0 Å². The summed E-state index contributed by atoms with van der Waals surface area (Å²) < 4.78 is 11.8. The van der Waals surface area contributed by atoms with Gasteiger partial charge >= 0.3 is 0 Å². The molecule has 1 aromatic rings. The Bertz CT molecular complexity index is 527. The second-order valence-electron chi connectivity index (χ2n) is 5.87. The molecule has 0 radical (unpaired) electrons. The van der Waals surface area contributed by atoms with Crippen LogP contribution in [0.3, 0.4) is 0 Å². The SMILES string of the molecule is CCNC(=NCC(O)c1ccc(Cl)s1)NCCCOCC1CCCO1.I. The van der Waals surface area contributed by atoms with Crippen LogP contribution in [0.1, 0.15) is 37.2 Å². The van der Waals surface area contributed by atoms with Crippen molar-refractivity contribution in [1.29, 1.82) is 0 Å². The second-order valence-corrected chi connectivity index (χ2v) is 7.61. The molecule has 2 rings (SSSR count). The molecule has 3 N–H and O–H groups in total. The number of hydrogen-bond acceptors (Lipinski definition) is 5. The van der Waals surface area contributed by atoms with Gasteiger partial charge in [-0.15, -0.1) is 35.3 Å². The van der Waals surface area contributed by atoms with Gasteiger partial charge in [-0.25, -0.2) is 0 Å². The number of nitrogens with one attached hydrogen (secondary N) is 2. The van der Waals surface area contributed by atoms with Crippen LogP contribution in [0.25, 0.3) is 0 Å². The van der Waals surface area contributed by atoms with Crippen LogP contribution in [0.5, 0.6) is 0 Å². The molecule has 26 heavy (non-hydrogen) atoms. The maximum Gasteiger partial charge on any atom is 0.191 e. The highest BCUT2D eigenvalue weighted by molar-refractivity contribution is 14.0. The molecular formula is C17H29ClIN3O3S. The van der Waals surface area contributed by atoms with Gasteiger partial charge in [0.05, 0.1) is 23.6 Å². The van der Waals surface area contributed by atoms with Crippen LogP contribution < -0.4 is 10.6 Å². The number of halogens is 2. The molecule has 1 saturated heterocycles. The van der Waals surface area contributed by atoms with Crippen molar-refractivity contribution in [3.05, 3.63) is 21.3 Å². The molecule has 2 unspecified atom stereocenters. The predicted octanol–water partition coefficient (Wildman–Crippen LogP) is 3.19. The molecule has 0 aliphatic carbocycles. The van der Waals surface area contributed by atoms with Gasteiger partial charge in [-0.05, 0) is 38.3 Å². The molecule has 0 spiro atoms. The molecular weight excluding hydrogens is 489 g/mol. The minimum Gasteiger partial charge on any atom is -0.386 e. The van der Waals surface area contributed by atoms with E-state index in [1.54, 1.807) is 6.07 Å². The summed E-state index contributed by atoms with van der Waals surface area (Å²) in [5.41, 5.74) is 0. The standard InChI is InChI=1S/C17H28ClN3O3S.HI/c1-2-19-17(21-11-14(22)15-6-7-16(18)25-15)20-8-4-9-23-12-13-5-3-10-24-13;/h6-7,13-14,22H,2-5,8-12H2,1H3,(H2,19,20,21);1H. The third-order valence-electron chi connectivity index (χ3n) is 3.77. The number of ether oxygens (including phenoxy) is 2. The molecule has 2 atom stereocenters. The molecule has 1 fully saturated rings. The van der Waals surface area contributed by atoms with Gasteiger partial charge in [-0.2, -0.15) is 0 Å². The van der Waals surface area contributed by atoms with E-state index in [0.29, 0.717) is 30.1 Å². The summed E-state index contributed by atoms with van der Waals surface area (Å²) in [4.78, 5) is 5.25. The van der Waals surface area contributed by atoms with Crippen molar-refractivity contribution in [2.45, 2.75) is 38.4 Å². The first kappa shape index (κ1) is 23.9. The van der Waals surface area contributed by atoms with Crippen molar-refractivity contribution < 1.29 is 14.6 Å². The normalized spacial score (nSPS) is 18.4. The fraction of sp³-hybridized carbons (Fsp3) is 0.706. The molecule has 2 heterocycles. The van der Waals surface area contributed by atoms with Crippen LogP contribution in [-0.4, -0.2) is 56.6 Å². The highest BCUT2D eigenvalue weighted by Crippen LogP contribution is 2.26. The van der Waals surface area contributed by atoms with Crippen LogP contribution in [0, 0.1) is 0 Å². The number of nitrogens with zero attached hydrogens (tertiary/aromatic N) is 1. The first-order valence-electron chi connectivity index (χ1n) is 8.84. The van der Waals surface area contributed by atoms with Crippen molar-refractivity contribution >= 4 is 52.9 Å². The van der Waals surface area contributed by atoms with Crippen molar-refractivity contribution in [2.24, 2.45) is 4.99 Å². The monoisotopic (exact) mass is 517 g/mol. The van der Waals surface area contributed by atoms with Gasteiger partial charge in [-0.1, -0.05) is 11.6 Å². The molecule has 1 aromatic heterocycles. The van der Waals surface area contributed by atoms with E-state index in [1.807, 2.05) is 13.0 Å². The second kappa shape index (κ2) is 14.0. The molecule has 9 heteroatoms. The van der Waals surface area contributed by atoms with Crippen molar-refractivity contribution in [3.63, 3.8) is 0 Å². The summed E-state index contributed by atoms with van der Waals surface area (Å²) in [5, 5.41) is 16.6. The number of hydrogen-bond donors (Lipinski definition) is 3. The number of aliphatic hydroxyl groups is 1. The molecule has 0 bridgehead atoms. The minimum atomic E-state index is -0.636. The minimum absolute atomic E-state index is 0. The molecule has 1 aliphatic heterocycles. The average Bonchev–Trinajstić information content (AvgIpc) is 3.27. The van der Waals surface area contributed by atoms with E-state index in [0.717, 1.165) is 43.8 Å². The number of aliphatic imine (C=N–C) groups is 1. The Balaban J connectivity index is 0.00000338. The van der Waals surface area contributed by atoms with Crippen LogP contribution in [0.15, 0.2) is 17.1 Å². The number of rotatable bonds is 10. The van der Waals surface area contributed by atoms with E-state index in [2.05, 4.69) is 15.6 Å². The third-order valence-corrected chi connectivity index (χ3v) is 5.11. The first-order chi connectivity index (χ1) is 12.2. The molecule has 6 nitrogen and oxygen atoms in total. The zero-order valence-electron chi connectivity index (χ0n) is 15.1. The van der Waals surface area contributed by atoms with E-state index in [4.69, 9.17) is 21.1 Å². The average molecular weight is 518 g/mol. The van der Waals surface area contributed by atoms with E-state index in [1.165, 1.54) is 11.3 Å². The molecule has 0 amide bonds. The number of thiophene rings is 1. The van der Waals surface area contributed by atoms with Gasteiger partial charge in [0, 0.05) is 31.2 Å². The molecule has 0 aromatic carbocycles. The van der Waals surface area contributed by atoms with Gasteiger partial charge in [0.15, 0.2) is 5.96 Å². The summed E-state index contributed by atoms with van der Waals surface area (Å²) in [5.74, 6) is 0.698. The zero-order valence-corrected chi connectivity index (χ0v) is 19.0. The van der Waals surface area contributed by atoms with Crippen molar-refractivity contribution in [1.82, 2.24) is 10.6 Å². The Morgan fingerprint density at radius 3 is 3.00 bits per heavy atom. The maximum absolute atomic E-state index is 10.2. The summed E-state index contributed by atoms with van der Waals surface area (Å²) in [7, 11) is 0. The summed E-state index contributed by atoms with van der Waals surface area (Å²) in [6, 6.07) is 3.62. The van der Waals surface area contributed by atoms with Crippen LogP contribution >= 0.6 is 46.9 Å². The molecule has 0 saturated carbocycles. The number of guanidine groups is 1. The number of aliphatic hydroxyl groups excluding tert-OH is 1. The van der Waals surface area contributed by atoms with Crippen molar-refractivity contribution in [2.75, 3.05) is 39.5 Å². The Hall–Kier alpha value is -0.130. The van der Waals surface area contributed by atoms with Gasteiger partial charge in [0.1, 0.15) is 6.10 Å². The fourth-order valence-electron chi connectivity index (χ4n) is 2.49. The summed E-state index contributed by atoms with van der Waals surface area (Å²) in [6.07, 6.45) is 2.77. The lowest BCUT2D eigenvalue weighted by Gasteiger charge is -2.13. The quantitative estimate of drug-likeness (QED) is 0.192. The van der Waals surface area contributed by atoms with Gasteiger partial charge in [0.2, 0.25) is 0 Å². The van der Waals surface area contributed by atoms with Crippen LogP contribution in [0.4, 0.5) is 0 Å². The maximum atomic E-state index is 10.2. The van der Waals surface area contributed by atoms with Crippen molar-refractivity contribution in [3.8, 4) is 0 Å². The van der Waals surface area contributed by atoms with E-state index in [-0.39, 0.29) is 30.1 Å². The van der Waals surface area contributed by atoms with Gasteiger partial charge < -0.3 is 25.2 Å². The topological polar surface area (TPSA) is 75.1 Å². The Labute approximate surface area is 181 Å². The highest BCUT2D eigenvalue weighted by Gasteiger charge is 2.15. The summed E-state index contributed by atoms with van der Waals surface area (Å²) >= 11 is 7.27. The van der Waals surface area contributed by atoms with Gasteiger partial charge in [0.25, 0.3) is 0 Å². The van der Waals surface area contributed by atoms with E-state index in [9.17, 15) is 5.11 Å². The predicted molar refractivity (Wildman–Crippen MR) is 118 cm³/mol. The molecule has 1 aliphatic rings. The lowest BCUT2D eigenvalue weighted by Crippen LogP contribution is -2.38. The van der Waals surface area contributed by atoms with Crippen LogP contribution in [-0.2, 0) is 9.47 Å². The van der Waals surface area contributed by atoms with Gasteiger partial charge in [-0.3, -0.25) is 4.99 Å². The van der Waals surface area contributed by atoms with Crippen LogP contribution in [0.2, 0.25) is 4.34 Å². The Morgan fingerprint density at radius 1 is 1.50 bits per heavy atom. The lowest BCUT2D eigenvalue weighted by atomic mass is 10.2. The molecule has 150 valence electrons. The smallest absolute Gasteiger partial charge is 0.191 e. The third kappa shape index (κ3) is 9.18. The summed E-state index contributed by atoms with van der Waals surface area (Å²) in [6.45, 7) is 6.08. The highest BCUT2D eigenvalue weighted by atomic mass is 127. The zero-order chi connectivity index (χ0) is 17.9.